The zero-order valence-electron chi connectivity index (χ0n) is 21.1. The van der Waals surface area contributed by atoms with Gasteiger partial charge in [-0.25, -0.2) is 0 Å². The standard InChI is InChI=1S/C29H48O2/c1-17(2)19(4)27(31)16-18(3)22-10-11-24-21-8-9-23-20(5)26(30)13-15-29(23,7)25(21)12-14-28(22,24)6/h17-18,20-26,30H,4,8-16H2,1-3,5-7H3/t18-,20+,21+,22-,23+,24+,25+,26+,28-,29+/m1/s1. The van der Waals surface area contributed by atoms with Crippen LogP contribution in [0.4, 0.5) is 0 Å². The number of hydrogen-bond acceptors (Lipinski definition) is 2. The lowest BCUT2D eigenvalue weighted by Crippen LogP contribution is -2.56. The fourth-order valence-corrected chi connectivity index (χ4v) is 9.57. The molecular weight excluding hydrogens is 380 g/mol. The molecular formula is C29H48O2. The Kier molecular flexibility index (Phi) is 6.30. The Hall–Kier alpha value is -0.630. The maximum atomic E-state index is 12.8. The summed E-state index contributed by atoms with van der Waals surface area (Å²) in [5.41, 5.74) is 1.65. The van der Waals surface area contributed by atoms with E-state index >= 15 is 0 Å². The predicted octanol–water partition coefficient (Wildman–Crippen LogP) is 7.06. The summed E-state index contributed by atoms with van der Waals surface area (Å²) in [6.07, 6.45) is 10.9. The average molecular weight is 429 g/mol. The number of Topliss-reactive ketones (excluding diaryl/α,β-unsaturated/α-hetero) is 1. The molecule has 0 amide bonds. The highest BCUT2D eigenvalue weighted by Crippen LogP contribution is 2.68. The van der Waals surface area contributed by atoms with Gasteiger partial charge >= 0.3 is 0 Å². The van der Waals surface area contributed by atoms with Crippen LogP contribution in [0.2, 0.25) is 0 Å². The van der Waals surface area contributed by atoms with E-state index in [9.17, 15) is 9.90 Å². The summed E-state index contributed by atoms with van der Waals surface area (Å²) in [6, 6.07) is 0. The molecule has 176 valence electrons. The Morgan fingerprint density at radius 3 is 2.23 bits per heavy atom. The lowest BCUT2D eigenvalue weighted by molar-refractivity contribution is -0.149. The largest absolute Gasteiger partial charge is 0.393 e. The van der Waals surface area contributed by atoms with Gasteiger partial charge in [0.15, 0.2) is 5.78 Å². The van der Waals surface area contributed by atoms with E-state index in [4.69, 9.17) is 0 Å². The molecule has 0 saturated heterocycles. The van der Waals surface area contributed by atoms with Gasteiger partial charge < -0.3 is 5.11 Å². The van der Waals surface area contributed by atoms with Crippen LogP contribution in [-0.2, 0) is 4.79 Å². The summed E-state index contributed by atoms with van der Waals surface area (Å²) in [4.78, 5) is 12.8. The molecule has 0 spiro atoms. The molecule has 1 N–H and O–H groups in total. The monoisotopic (exact) mass is 428 g/mol. The molecule has 0 aromatic carbocycles. The van der Waals surface area contributed by atoms with Crippen LogP contribution in [0.25, 0.3) is 0 Å². The van der Waals surface area contributed by atoms with Crippen molar-refractivity contribution < 1.29 is 9.90 Å². The molecule has 0 heterocycles. The number of hydrogen-bond donors (Lipinski definition) is 1. The van der Waals surface area contributed by atoms with E-state index in [2.05, 4.69) is 48.1 Å². The SMILES string of the molecule is C=C(C(=O)C[C@@H](C)[C@H]1CC[C@H]2[C@@H]3CC[C@H]4[C@H](C)[C@@H](O)CC[C@]4(C)[C@H]3CC[C@]12C)C(C)C. The van der Waals surface area contributed by atoms with E-state index in [1.54, 1.807) is 0 Å². The number of carbonyl (C=O) groups is 1. The van der Waals surface area contributed by atoms with Gasteiger partial charge in [-0.15, -0.1) is 0 Å². The van der Waals surface area contributed by atoms with Gasteiger partial charge in [0.2, 0.25) is 0 Å². The molecule has 4 aliphatic carbocycles. The Morgan fingerprint density at radius 2 is 1.55 bits per heavy atom. The van der Waals surface area contributed by atoms with Crippen LogP contribution < -0.4 is 0 Å². The molecule has 4 aliphatic rings. The van der Waals surface area contributed by atoms with Gasteiger partial charge in [-0.2, -0.15) is 0 Å². The topological polar surface area (TPSA) is 37.3 Å². The lowest BCUT2D eigenvalue weighted by Gasteiger charge is -2.62. The van der Waals surface area contributed by atoms with Gasteiger partial charge in [0, 0.05) is 6.42 Å². The molecule has 0 aromatic heterocycles. The number of rotatable bonds is 5. The van der Waals surface area contributed by atoms with Gasteiger partial charge in [-0.05, 0) is 115 Å². The van der Waals surface area contributed by atoms with Crippen LogP contribution in [0.3, 0.4) is 0 Å². The van der Waals surface area contributed by atoms with Crippen molar-refractivity contribution in [3.63, 3.8) is 0 Å². The van der Waals surface area contributed by atoms with Crippen LogP contribution in [0.15, 0.2) is 12.2 Å². The molecule has 0 aromatic rings. The third kappa shape index (κ3) is 3.68. The number of aliphatic hydroxyl groups is 1. The minimum atomic E-state index is -0.0849. The van der Waals surface area contributed by atoms with Crippen LogP contribution in [0, 0.1) is 58.2 Å². The molecule has 0 aliphatic heterocycles. The van der Waals surface area contributed by atoms with Gasteiger partial charge in [0.25, 0.3) is 0 Å². The summed E-state index contributed by atoms with van der Waals surface area (Å²) in [5, 5.41) is 10.5. The molecule has 4 rings (SSSR count). The maximum absolute atomic E-state index is 12.8. The van der Waals surface area contributed by atoms with E-state index < -0.39 is 0 Å². The van der Waals surface area contributed by atoms with E-state index in [0.717, 1.165) is 29.7 Å². The highest BCUT2D eigenvalue weighted by Gasteiger charge is 2.61. The first-order chi connectivity index (χ1) is 14.5. The molecule has 4 fully saturated rings. The smallest absolute Gasteiger partial charge is 0.158 e. The van der Waals surface area contributed by atoms with Crippen molar-refractivity contribution in [1.82, 2.24) is 0 Å². The van der Waals surface area contributed by atoms with Crippen molar-refractivity contribution in [2.45, 2.75) is 105 Å². The van der Waals surface area contributed by atoms with Crippen molar-refractivity contribution in [1.29, 1.82) is 0 Å². The first kappa shape index (κ1) is 23.5. The summed E-state index contributed by atoms with van der Waals surface area (Å²) in [5.74, 6) is 5.41. The normalized spacial score (nSPS) is 47.9. The summed E-state index contributed by atoms with van der Waals surface area (Å²) >= 11 is 0. The average Bonchev–Trinajstić information content (AvgIpc) is 3.07. The van der Waals surface area contributed by atoms with E-state index in [1.165, 1.54) is 44.9 Å². The number of aliphatic hydroxyl groups excluding tert-OH is 1. The molecule has 0 bridgehead atoms. The van der Waals surface area contributed by atoms with Crippen molar-refractivity contribution in [3.05, 3.63) is 12.2 Å². The third-order valence-electron chi connectivity index (χ3n) is 11.5. The Morgan fingerprint density at radius 1 is 0.935 bits per heavy atom. The second kappa shape index (κ2) is 8.30. The lowest BCUT2D eigenvalue weighted by atomic mass is 9.43. The van der Waals surface area contributed by atoms with Crippen LogP contribution in [0.5, 0.6) is 0 Å². The fraction of sp³-hybridized carbons (Fsp3) is 0.897. The van der Waals surface area contributed by atoms with Crippen LogP contribution in [0.1, 0.15) is 99.3 Å². The molecule has 2 heteroatoms. The highest BCUT2D eigenvalue weighted by atomic mass is 16.3. The molecule has 2 nitrogen and oxygen atoms in total. The first-order valence-electron chi connectivity index (χ1n) is 13.4. The second-order valence-corrected chi connectivity index (χ2v) is 13.0. The first-order valence-corrected chi connectivity index (χ1v) is 13.4. The van der Waals surface area contributed by atoms with Gasteiger partial charge in [0.05, 0.1) is 6.10 Å². The molecule has 4 saturated carbocycles. The summed E-state index contributed by atoms with van der Waals surface area (Å²) in [6.45, 7) is 18.1. The van der Waals surface area contributed by atoms with Crippen molar-refractivity contribution in [2.75, 3.05) is 0 Å². The molecule has 0 radical (unpaired) electrons. The Balaban J connectivity index is 1.50. The predicted molar refractivity (Wildman–Crippen MR) is 129 cm³/mol. The highest BCUT2D eigenvalue weighted by molar-refractivity contribution is 5.95. The zero-order valence-corrected chi connectivity index (χ0v) is 21.1. The van der Waals surface area contributed by atoms with Crippen LogP contribution in [-0.4, -0.2) is 17.0 Å². The van der Waals surface area contributed by atoms with E-state index in [0.29, 0.717) is 46.7 Å². The van der Waals surface area contributed by atoms with Crippen molar-refractivity contribution in [3.8, 4) is 0 Å². The zero-order chi connectivity index (χ0) is 22.7. The summed E-state index contributed by atoms with van der Waals surface area (Å²) in [7, 11) is 0. The van der Waals surface area contributed by atoms with E-state index in [1.807, 2.05) is 0 Å². The van der Waals surface area contributed by atoms with Crippen molar-refractivity contribution >= 4 is 5.78 Å². The third-order valence-corrected chi connectivity index (χ3v) is 11.5. The maximum Gasteiger partial charge on any atom is 0.158 e. The van der Waals surface area contributed by atoms with Crippen molar-refractivity contribution in [2.24, 2.45) is 58.2 Å². The number of fused-ring (bicyclic) bond motifs is 5. The molecule has 31 heavy (non-hydrogen) atoms. The minimum Gasteiger partial charge on any atom is -0.393 e. The summed E-state index contributed by atoms with van der Waals surface area (Å²) < 4.78 is 0. The number of allylic oxidation sites excluding steroid dienone is 1. The Bertz CT molecular complexity index is 710. The van der Waals surface area contributed by atoms with Gasteiger partial charge in [0.1, 0.15) is 0 Å². The van der Waals surface area contributed by atoms with E-state index in [-0.39, 0.29) is 12.0 Å². The van der Waals surface area contributed by atoms with Gasteiger partial charge in [-0.3, -0.25) is 4.79 Å². The quantitative estimate of drug-likeness (QED) is 0.476. The molecule has 0 unspecified atom stereocenters. The number of carbonyl (C=O) groups excluding carboxylic acids is 1. The number of ketones is 1. The van der Waals surface area contributed by atoms with Crippen LogP contribution >= 0.6 is 0 Å². The Labute approximate surface area is 191 Å². The second-order valence-electron chi connectivity index (χ2n) is 13.0. The van der Waals surface area contributed by atoms with Gasteiger partial charge in [-0.1, -0.05) is 48.1 Å². The molecule has 10 atom stereocenters. The fourth-order valence-electron chi connectivity index (χ4n) is 9.57. The minimum absolute atomic E-state index is 0.0849.